The summed E-state index contributed by atoms with van der Waals surface area (Å²) in [5, 5.41) is 3.62. The lowest BCUT2D eigenvalue weighted by Crippen LogP contribution is -2.16. The molecule has 1 fully saturated rings. The Hall–Kier alpha value is -2.91. The number of hydrogen-bond acceptors (Lipinski definition) is 2. The van der Waals surface area contributed by atoms with Crippen molar-refractivity contribution in [3.63, 3.8) is 0 Å². The number of H-pyrrole nitrogens is 1. The maximum Gasteiger partial charge on any atom is 0.104 e. The predicted octanol–water partition coefficient (Wildman–Crippen LogP) is 5.70. The number of aromatic nitrogens is 2. The zero-order chi connectivity index (χ0) is 18.9. The first-order chi connectivity index (χ1) is 13.8. The fraction of sp³-hybridized carbons (Fsp3) is 0.240. The first-order valence-electron chi connectivity index (χ1n) is 10.1. The van der Waals surface area contributed by atoms with Crippen molar-refractivity contribution in [1.29, 1.82) is 0 Å². The molecule has 1 aromatic heterocycles. The van der Waals surface area contributed by atoms with E-state index in [2.05, 4.69) is 82.0 Å². The van der Waals surface area contributed by atoms with E-state index in [1.165, 1.54) is 40.7 Å². The Labute approximate surface area is 165 Å². The van der Waals surface area contributed by atoms with Gasteiger partial charge in [-0.25, -0.2) is 4.98 Å². The van der Waals surface area contributed by atoms with Crippen LogP contribution in [0.4, 0.5) is 0 Å². The molecule has 0 unspecified atom stereocenters. The van der Waals surface area contributed by atoms with Crippen molar-refractivity contribution in [2.45, 2.75) is 26.3 Å². The van der Waals surface area contributed by atoms with E-state index in [0.29, 0.717) is 0 Å². The second kappa shape index (κ2) is 7.25. The third kappa shape index (κ3) is 3.58. The normalized spacial score (nSPS) is 13.9. The molecule has 0 radical (unpaired) electrons. The van der Waals surface area contributed by atoms with Crippen LogP contribution in [0.15, 0.2) is 66.7 Å². The van der Waals surface area contributed by atoms with Gasteiger partial charge in [-0.1, -0.05) is 54.6 Å². The van der Waals surface area contributed by atoms with E-state index < -0.39 is 0 Å². The molecule has 2 N–H and O–H groups in total. The van der Waals surface area contributed by atoms with Gasteiger partial charge < -0.3 is 10.3 Å². The summed E-state index contributed by atoms with van der Waals surface area (Å²) in [6, 6.07) is 24.0. The topological polar surface area (TPSA) is 40.7 Å². The molecule has 1 saturated carbocycles. The van der Waals surface area contributed by atoms with E-state index in [1.54, 1.807) is 0 Å². The van der Waals surface area contributed by atoms with Gasteiger partial charge in [0.15, 0.2) is 0 Å². The fourth-order valence-corrected chi connectivity index (χ4v) is 3.85. The number of hydrogen-bond donors (Lipinski definition) is 2. The largest absolute Gasteiger partial charge is 0.342 e. The van der Waals surface area contributed by atoms with Crippen molar-refractivity contribution in [2.75, 3.05) is 6.54 Å². The average Bonchev–Trinajstić information content (AvgIpc) is 3.47. The maximum absolute atomic E-state index is 4.49. The van der Waals surface area contributed by atoms with Gasteiger partial charge in [0.05, 0.1) is 11.0 Å². The Balaban J connectivity index is 1.39. The van der Waals surface area contributed by atoms with Gasteiger partial charge in [0.1, 0.15) is 5.82 Å². The molecule has 0 spiro atoms. The third-order valence-corrected chi connectivity index (χ3v) is 5.59. The summed E-state index contributed by atoms with van der Waals surface area (Å²) < 4.78 is 0. The fourth-order valence-electron chi connectivity index (χ4n) is 3.85. The molecule has 3 aromatic carbocycles. The third-order valence-electron chi connectivity index (χ3n) is 5.59. The Morgan fingerprint density at radius 3 is 2.50 bits per heavy atom. The molecule has 0 bridgehead atoms. The van der Waals surface area contributed by atoms with Crippen LogP contribution in [0, 0.1) is 12.8 Å². The Morgan fingerprint density at radius 1 is 0.929 bits per heavy atom. The molecule has 5 rings (SSSR count). The highest BCUT2D eigenvalue weighted by Crippen LogP contribution is 2.30. The van der Waals surface area contributed by atoms with E-state index >= 15 is 0 Å². The van der Waals surface area contributed by atoms with Gasteiger partial charge in [-0.2, -0.15) is 0 Å². The Kier molecular flexibility index (Phi) is 4.46. The van der Waals surface area contributed by atoms with Gasteiger partial charge in [0.25, 0.3) is 0 Å². The predicted molar refractivity (Wildman–Crippen MR) is 116 cm³/mol. The number of fused-ring (bicyclic) bond motifs is 1. The molecule has 1 aliphatic carbocycles. The SMILES string of the molecule is Cc1nc2ccc(-c3ccc(-c4ccccc4CNCC4CC4)cc3)cc2[nH]1. The second-order valence-electron chi connectivity index (χ2n) is 7.86. The first-order valence-corrected chi connectivity index (χ1v) is 10.1. The van der Waals surface area contributed by atoms with Crippen LogP contribution in [0.1, 0.15) is 24.2 Å². The monoisotopic (exact) mass is 367 g/mol. The molecule has 0 saturated heterocycles. The molecule has 3 nitrogen and oxygen atoms in total. The summed E-state index contributed by atoms with van der Waals surface area (Å²) in [6.07, 6.45) is 2.78. The number of imidazole rings is 1. The molecule has 1 aliphatic rings. The summed E-state index contributed by atoms with van der Waals surface area (Å²) in [6.45, 7) is 4.07. The van der Waals surface area contributed by atoms with Crippen molar-refractivity contribution in [1.82, 2.24) is 15.3 Å². The molecule has 140 valence electrons. The van der Waals surface area contributed by atoms with E-state index in [9.17, 15) is 0 Å². The number of benzene rings is 3. The van der Waals surface area contributed by atoms with Crippen molar-refractivity contribution in [3.8, 4) is 22.3 Å². The van der Waals surface area contributed by atoms with Gasteiger partial charge in [-0.15, -0.1) is 0 Å². The van der Waals surface area contributed by atoms with Crippen molar-refractivity contribution in [2.24, 2.45) is 5.92 Å². The summed E-state index contributed by atoms with van der Waals surface area (Å²) in [5.41, 5.74) is 8.49. The summed E-state index contributed by atoms with van der Waals surface area (Å²) in [4.78, 5) is 7.82. The zero-order valence-corrected chi connectivity index (χ0v) is 16.2. The lowest BCUT2D eigenvalue weighted by molar-refractivity contribution is 0.639. The van der Waals surface area contributed by atoms with Crippen LogP contribution in [0.2, 0.25) is 0 Å². The minimum Gasteiger partial charge on any atom is -0.342 e. The Morgan fingerprint density at radius 2 is 1.68 bits per heavy atom. The quantitative estimate of drug-likeness (QED) is 0.458. The van der Waals surface area contributed by atoms with Gasteiger partial charge in [0.2, 0.25) is 0 Å². The molecular formula is C25H25N3. The molecule has 0 amide bonds. The highest BCUT2D eigenvalue weighted by atomic mass is 14.9. The lowest BCUT2D eigenvalue weighted by Gasteiger charge is -2.11. The molecule has 4 aromatic rings. The molecule has 0 aliphatic heterocycles. The molecule has 1 heterocycles. The summed E-state index contributed by atoms with van der Waals surface area (Å²) >= 11 is 0. The molecule has 3 heteroatoms. The van der Waals surface area contributed by atoms with Crippen LogP contribution < -0.4 is 5.32 Å². The summed E-state index contributed by atoms with van der Waals surface area (Å²) in [5.74, 6) is 1.86. The van der Waals surface area contributed by atoms with Crippen LogP contribution in [0.25, 0.3) is 33.3 Å². The van der Waals surface area contributed by atoms with E-state index in [1.807, 2.05) is 6.92 Å². The molecular weight excluding hydrogens is 342 g/mol. The van der Waals surface area contributed by atoms with Crippen molar-refractivity contribution >= 4 is 11.0 Å². The number of aromatic amines is 1. The first kappa shape index (κ1) is 17.2. The van der Waals surface area contributed by atoms with E-state index in [0.717, 1.165) is 35.9 Å². The van der Waals surface area contributed by atoms with Gasteiger partial charge in [0, 0.05) is 6.54 Å². The van der Waals surface area contributed by atoms with Crippen LogP contribution in [-0.4, -0.2) is 16.5 Å². The number of rotatable bonds is 6. The Bertz CT molecular complexity index is 1100. The standard InChI is InChI=1S/C25H25N3/c1-17-27-24-13-12-21(14-25(24)28-17)19-8-10-20(11-9-19)23-5-3-2-4-22(23)16-26-15-18-6-7-18/h2-5,8-14,18,26H,6-7,15-16H2,1H3,(H,27,28). The highest BCUT2D eigenvalue weighted by Gasteiger charge is 2.20. The summed E-state index contributed by atoms with van der Waals surface area (Å²) in [7, 11) is 0. The zero-order valence-electron chi connectivity index (χ0n) is 16.2. The molecule has 28 heavy (non-hydrogen) atoms. The number of nitrogens with zero attached hydrogens (tertiary/aromatic N) is 1. The van der Waals surface area contributed by atoms with Gasteiger partial charge in [-0.05, 0) is 72.2 Å². The minimum atomic E-state index is 0.905. The van der Waals surface area contributed by atoms with Gasteiger partial charge in [-0.3, -0.25) is 0 Å². The highest BCUT2D eigenvalue weighted by molar-refractivity contribution is 5.82. The van der Waals surface area contributed by atoms with E-state index in [-0.39, 0.29) is 0 Å². The van der Waals surface area contributed by atoms with Crippen molar-refractivity contribution in [3.05, 3.63) is 78.1 Å². The number of nitrogens with one attached hydrogen (secondary N) is 2. The second-order valence-corrected chi connectivity index (χ2v) is 7.86. The van der Waals surface area contributed by atoms with Crippen molar-refractivity contribution < 1.29 is 0 Å². The molecule has 0 atom stereocenters. The van der Waals surface area contributed by atoms with Gasteiger partial charge >= 0.3 is 0 Å². The van der Waals surface area contributed by atoms with E-state index in [4.69, 9.17) is 0 Å². The maximum atomic E-state index is 4.49. The van der Waals surface area contributed by atoms with Crippen LogP contribution in [0.5, 0.6) is 0 Å². The minimum absolute atomic E-state index is 0.905. The lowest BCUT2D eigenvalue weighted by atomic mass is 9.97. The smallest absolute Gasteiger partial charge is 0.104 e. The van der Waals surface area contributed by atoms with Crippen LogP contribution in [0.3, 0.4) is 0 Å². The van der Waals surface area contributed by atoms with Crippen LogP contribution >= 0.6 is 0 Å². The number of aryl methyl sites for hydroxylation is 1. The van der Waals surface area contributed by atoms with Crippen LogP contribution in [-0.2, 0) is 6.54 Å². The average molecular weight is 367 g/mol.